The number of aromatic nitrogens is 5. The molecule has 22 heavy (non-hydrogen) atoms. The molecule has 2 heterocycles. The second-order valence-electron chi connectivity index (χ2n) is 4.69. The highest BCUT2D eigenvalue weighted by Gasteiger charge is 2.03. The van der Waals surface area contributed by atoms with E-state index in [1.807, 2.05) is 49.4 Å². The van der Waals surface area contributed by atoms with E-state index < -0.39 is 0 Å². The van der Waals surface area contributed by atoms with Gasteiger partial charge in [0, 0.05) is 18.1 Å². The van der Waals surface area contributed by atoms with Crippen molar-refractivity contribution in [3.05, 3.63) is 65.5 Å². The first kappa shape index (κ1) is 14.5. The monoisotopic (exact) mass is 309 g/mol. The molecule has 2 aromatic heterocycles. The zero-order valence-corrected chi connectivity index (χ0v) is 12.9. The van der Waals surface area contributed by atoms with Crippen molar-refractivity contribution in [2.24, 2.45) is 0 Å². The lowest BCUT2D eigenvalue weighted by Crippen LogP contribution is -1.90. The first-order valence-electron chi connectivity index (χ1n) is 6.85. The molecule has 1 N–H and O–H groups in total. The Kier molecular flexibility index (Phi) is 4.60. The van der Waals surface area contributed by atoms with Crippen LogP contribution in [0, 0.1) is 6.92 Å². The summed E-state index contributed by atoms with van der Waals surface area (Å²) in [6.07, 6.45) is 7.46. The van der Waals surface area contributed by atoms with Crippen LogP contribution in [-0.4, -0.2) is 25.1 Å². The van der Waals surface area contributed by atoms with E-state index in [9.17, 15) is 0 Å². The van der Waals surface area contributed by atoms with Crippen molar-refractivity contribution in [3.8, 4) is 0 Å². The van der Waals surface area contributed by atoms with E-state index in [2.05, 4.69) is 25.1 Å². The van der Waals surface area contributed by atoms with Gasteiger partial charge >= 0.3 is 0 Å². The summed E-state index contributed by atoms with van der Waals surface area (Å²) in [4.78, 5) is 13.0. The molecule has 0 amide bonds. The van der Waals surface area contributed by atoms with Gasteiger partial charge in [-0.15, -0.1) is 5.10 Å². The fraction of sp³-hybridized carbons (Fsp3) is 0.125. The number of hydrogen-bond acceptors (Lipinski definition) is 5. The van der Waals surface area contributed by atoms with E-state index in [0.29, 0.717) is 10.9 Å². The molecule has 110 valence electrons. The molecule has 0 bridgehead atoms. The number of nitrogens with zero attached hydrogens (tertiary/aromatic N) is 4. The Bertz CT molecular complexity index is 750. The fourth-order valence-electron chi connectivity index (χ4n) is 1.77. The van der Waals surface area contributed by atoms with Gasteiger partial charge in [-0.3, -0.25) is 15.1 Å². The minimum absolute atomic E-state index is 0.701. The molecule has 6 heteroatoms. The molecule has 0 atom stereocenters. The second-order valence-corrected chi connectivity index (χ2v) is 5.63. The number of aromatic amines is 1. The van der Waals surface area contributed by atoms with Crippen molar-refractivity contribution in [3.63, 3.8) is 0 Å². The summed E-state index contributed by atoms with van der Waals surface area (Å²) in [6, 6.07) is 10.1. The molecule has 3 rings (SSSR count). The van der Waals surface area contributed by atoms with Crippen LogP contribution in [0.4, 0.5) is 0 Å². The Morgan fingerprint density at radius 2 is 1.95 bits per heavy atom. The third-order valence-corrected chi connectivity index (χ3v) is 3.78. The Morgan fingerprint density at radius 1 is 1.09 bits per heavy atom. The predicted octanol–water partition coefficient (Wildman–Crippen LogP) is 3.37. The fourth-order valence-corrected chi connectivity index (χ4v) is 2.47. The van der Waals surface area contributed by atoms with E-state index in [4.69, 9.17) is 0 Å². The largest absolute Gasteiger partial charge is 0.259 e. The van der Waals surface area contributed by atoms with Crippen molar-refractivity contribution in [2.75, 3.05) is 0 Å². The molecule has 1 aromatic carbocycles. The highest BCUT2D eigenvalue weighted by atomic mass is 32.2. The maximum Gasteiger partial charge on any atom is 0.209 e. The maximum atomic E-state index is 4.42. The van der Waals surface area contributed by atoms with Crippen molar-refractivity contribution < 1.29 is 0 Å². The summed E-state index contributed by atoms with van der Waals surface area (Å²) in [7, 11) is 0. The number of H-pyrrole nitrogens is 1. The SMILES string of the molecule is Cc1cnc(CSc2n[nH]c(/C=C/c3ccccc3)n2)cn1. The Hall–Kier alpha value is -2.47. The van der Waals surface area contributed by atoms with E-state index in [-0.39, 0.29) is 0 Å². The van der Waals surface area contributed by atoms with Crippen LogP contribution < -0.4 is 0 Å². The zero-order valence-electron chi connectivity index (χ0n) is 12.1. The number of benzene rings is 1. The number of thioether (sulfide) groups is 1. The van der Waals surface area contributed by atoms with E-state index in [1.54, 1.807) is 12.4 Å². The van der Waals surface area contributed by atoms with Crippen molar-refractivity contribution in [2.45, 2.75) is 17.8 Å². The minimum atomic E-state index is 0.701. The van der Waals surface area contributed by atoms with Crippen LogP contribution >= 0.6 is 11.8 Å². The molecule has 0 spiro atoms. The van der Waals surface area contributed by atoms with E-state index in [0.717, 1.165) is 22.8 Å². The van der Waals surface area contributed by atoms with Gasteiger partial charge in [-0.25, -0.2) is 4.98 Å². The summed E-state index contributed by atoms with van der Waals surface area (Å²) >= 11 is 1.53. The van der Waals surface area contributed by atoms with Crippen molar-refractivity contribution >= 4 is 23.9 Å². The average molecular weight is 309 g/mol. The molecular formula is C16H15N5S. The van der Waals surface area contributed by atoms with Crippen LogP contribution in [0.3, 0.4) is 0 Å². The molecule has 0 saturated carbocycles. The van der Waals surface area contributed by atoms with Gasteiger partial charge in [-0.1, -0.05) is 48.2 Å². The normalized spacial score (nSPS) is 11.1. The summed E-state index contributed by atoms with van der Waals surface area (Å²) in [5.41, 5.74) is 2.96. The number of rotatable bonds is 5. The van der Waals surface area contributed by atoms with Crippen LogP contribution in [0.5, 0.6) is 0 Å². The van der Waals surface area contributed by atoms with Crippen molar-refractivity contribution in [1.82, 2.24) is 25.1 Å². The summed E-state index contributed by atoms with van der Waals surface area (Å²) in [6.45, 7) is 1.92. The van der Waals surface area contributed by atoms with Crippen LogP contribution in [-0.2, 0) is 5.75 Å². The summed E-state index contributed by atoms with van der Waals surface area (Å²) in [5.74, 6) is 1.44. The highest BCUT2D eigenvalue weighted by molar-refractivity contribution is 7.98. The van der Waals surface area contributed by atoms with Crippen LogP contribution in [0.25, 0.3) is 12.2 Å². The van der Waals surface area contributed by atoms with Gasteiger partial charge in [0.05, 0.1) is 11.4 Å². The van der Waals surface area contributed by atoms with Crippen LogP contribution in [0.15, 0.2) is 47.9 Å². The van der Waals surface area contributed by atoms with Gasteiger partial charge in [0.15, 0.2) is 0 Å². The number of aryl methyl sites for hydroxylation is 1. The van der Waals surface area contributed by atoms with Gasteiger partial charge in [-0.2, -0.15) is 0 Å². The Balaban J connectivity index is 1.59. The van der Waals surface area contributed by atoms with Gasteiger partial charge in [0.1, 0.15) is 5.82 Å². The third kappa shape index (κ3) is 4.02. The van der Waals surface area contributed by atoms with Gasteiger partial charge in [0.25, 0.3) is 0 Å². The second kappa shape index (κ2) is 7.00. The maximum absolute atomic E-state index is 4.42. The molecule has 0 fully saturated rings. The molecule has 0 aliphatic heterocycles. The molecule has 0 unspecified atom stereocenters. The first-order chi connectivity index (χ1) is 10.8. The highest BCUT2D eigenvalue weighted by Crippen LogP contribution is 2.17. The predicted molar refractivity (Wildman–Crippen MR) is 88.1 cm³/mol. The Labute approximate surface area is 132 Å². The third-order valence-electron chi connectivity index (χ3n) is 2.90. The number of nitrogens with one attached hydrogen (secondary N) is 1. The van der Waals surface area contributed by atoms with Crippen molar-refractivity contribution in [1.29, 1.82) is 0 Å². The quantitative estimate of drug-likeness (QED) is 0.732. The zero-order chi connectivity index (χ0) is 15.2. The molecule has 3 aromatic rings. The molecule has 0 aliphatic rings. The number of hydrogen-bond donors (Lipinski definition) is 1. The molecule has 0 saturated heterocycles. The molecule has 5 nitrogen and oxygen atoms in total. The lowest BCUT2D eigenvalue weighted by Gasteiger charge is -1.97. The first-order valence-corrected chi connectivity index (χ1v) is 7.84. The van der Waals surface area contributed by atoms with Crippen LogP contribution in [0.2, 0.25) is 0 Å². The molecule has 0 radical (unpaired) electrons. The Morgan fingerprint density at radius 3 is 2.73 bits per heavy atom. The summed E-state index contributed by atoms with van der Waals surface area (Å²) in [5, 5.41) is 7.81. The minimum Gasteiger partial charge on any atom is -0.259 e. The van der Waals surface area contributed by atoms with E-state index in [1.165, 1.54) is 11.8 Å². The van der Waals surface area contributed by atoms with Gasteiger partial charge in [-0.05, 0) is 18.6 Å². The van der Waals surface area contributed by atoms with Gasteiger partial charge in [0.2, 0.25) is 5.16 Å². The lowest BCUT2D eigenvalue weighted by molar-refractivity contribution is 0.968. The topological polar surface area (TPSA) is 67.3 Å². The molecule has 0 aliphatic carbocycles. The smallest absolute Gasteiger partial charge is 0.209 e. The van der Waals surface area contributed by atoms with Gasteiger partial charge < -0.3 is 0 Å². The lowest BCUT2D eigenvalue weighted by atomic mass is 10.2. The standard InChI is InChI=1S/C16H15N5S/c1-12-9-18-14(10-17-12)11-22-16-19-15(20-21-16)8-7-13-5-3-2-4-6-13/h2-10H,11H2,1H3,(H,19,20,21)/b8-7+. The average Bonchev–Trinajstić information content (AvgIpc) is 3.01. The van der Waals surface area contributed by atoms with E-state index >= 15 is 0 Å². The molecular weight excluding hydrogens is 294 g/mol. The summed E-state index contributed by atoms with van der Waals surface area (Å²) < 4.78 is 0. The van der Waals surface area contributed by atoms with Crippen LogP contribution in [0.1, 0.15) is 22.8 Å².